The Hall–Kier alpha value is -1.07. The molecule has 1 aliphatic rings. The number of hydrogen-bond acceptors (Lipinski definition) is 3. The van der Waals surface area contributed by atoms with Crippen molar-refractivity contribution in [3.63, 3.8) is 0 Å². The minimum Gasteiger partial charge on any atom is -0.338 e. The Morgan fingerprint density at radius 2 is 2.10 bits per heavy atom. The van der Waals surface area contributed by atoms with Crippen molar-refractivity contribution in [2.45, 2.75) is 45.6 Å². The van der Waals surface area contributed by atoms with E-state index in [0.717, 1.165) is 25.1 Å². The van der Waals surface area contributed by atoms with Gasteiger partial charge >= 0.3 is 0 Å². The van der Waals surface area contributed by atoms with Gasteiger partial charge in [-0.1, -0.05) is 25.4 Å². The summed E-state index contributed by atoms with van der Waals surface area (Å²) in [5, 5.41) is 4.82. The summed E-state index contributed by atoms with van der Waals surface area (Å²) in [5.41, 5.74) is 7.33. The fraction of sp³-hybridized carbons (Fsp3) is 0.733. The van der Waals surface area contributed by atoms with Crippen LogP contribution < -0.4 is 5.73 Å². The van der Waals surface area contributed by atoms with Crippen LogP contribution in [0.5, 0.6) is 0 Å². The Morgan fingerprint density at radius 1 is 1.43 bits per heavy atom. The standard InChI is InChI=1S/C15H25ClN4O/c1-9(2)13-12(14(16)19(4)18-13)15(21)20-7-5-6-11(8-20)10(3)17/h9-11H,5-8,17H2,1-4H3/t10-,11+/m1/s1. The van der Waals surface area contributed by atoms with E-state index in [1.807, 2.05) is 25.7 Å². The fourth-order valence-corrected chi connectivity index (χ4v) is 3.12. The van der Waals surface area contributed by atoms with Gasteiger partial charge in [-0.2, -0.15) is 5.10 Å². The minimum absolute atomic E-state index is 0.0119. The first-order chi connectivity index (χ1) is 9.82. The van der Waals surface area contributed by atoms with E-state index in [9.17, 15) is 4.79 Å². The van der Waals surface area contributed by atoms with Crippen molar-refractivity contribution in [3.05, 3.63) is 16.4 Å². The summed E-state index contributed by atoms with van der Waals surface area (Å²) in [4.78, 5) is 14.8. The average molecular weight is 313 g/mol. The quantitative estimate of drug-likeness (QED) is 0.932. The zero-order chi connectivity index (χ0) is 15.7. The molecule has 0 radical (unpaired) electrons. The first kappa shape index (κ1) is 16.3. The number of halogens is 1. The monoisotopic (exact) mass is 312 g/mol. The Morgan fingerprint density at radius 3 is 2.67 bits per heavy atom. The van der Waals surface area contributed by atoms with Crippen molar-refractivity contribution >= 4 is 17.5 Å². The molecule has 2 atom stereocenters. The van der Waals surface area contributed by atoms with Crippen LogP contribution in [0.1, 0.15) is 55.6 Å². The van der Waals surface area contributed by atoms with Crippen LogP contribution in [0.25, 0.3) is 0 Å². The molecule has 118 valence electrons. The predicted molar refractivity (Wildman–Crippen MR) is 84.6 cm³/mol. The van der Waals surface area contributed by atoms with Gasteiger partial charge in [0, 0.05) is 26.2 Å². The van der Waals surface area contributed by atoms with Crippen LogP contribution in [0, 0.1) is 5.92 Å². The third-order valence-corrected chi connectivity index (χ3v) is 4.69. The number of piperidine rings is 1. The molecule has 1 aromatic rings. The lowest BCUT2D eigenvalue weighted by Crippen LogP contribution is -2.45. The average Bonchev–Trinajstić information content (AvgIpc) is 2.74. The lowest BCUT2D eigenvalue weighted by Gasteiger charge is -2.34. The highest BCUT2D eigenvalue weighted by Crippen LogP contribution is 2.28. The van der Waals surface area contributed by atoms with Gasteiger partial charge in [0.25, 0.3) is 5.91 Å². The summed E-state index contributed by atoms with van der Waals surface area (Å²) < 4.78 is 1.58. The second-order valence-electron chi connectivity index (χ2n) is 6.34. The minimum atomic E-state index is -0.0119. The molecule has 0 unspecified atom stereocenters. The summed E-state index contributed by atoms with van der Waals surface area (Å²) in [6.45, 7) is 7.53. The van der Waals surface area contributed by atoms with Gasteiger partial charge in [0.1, 0.15) is 5.15 Å². The van der Waals surface area contributed by atoms with Gasteiger partial charge < -0.3 is 10.6 Å². The van der Waals surface area contributed by atoms with Crippen LogP contribution in [0.2, 0.25) is 5.15 Å². The van der Waals surface area contributed by atoms with Gasteiger partial charge in [0.05, 0.1) is 11.3 Å². The van der Waals surface area contributed by atoms with Crippen LogP contribution in [0.4, 0.5) is 0 Å². The molecule has 1 amide bonds. The highest BCUT2D eigenvalue weighted by atomic mass is 35.5. The Balaban J connectivity index is 2.28. The smallest absolute Gasteiger partial charge is 0.258 e. The van der Waals surface area contributed by atoms with E-state index in [2.05, 4.69) is 5.10 Å². The number of aryl methyl sites for hydroxylation is 1. The Bertz CT molecular complexity index is 524. The molecule has 2 N–H and O–H groups in total. The van der Waals surface area contributed by atoms with E-state index in [1.54, 1.807) is 11.7 Å². The van der Waals surface area contributed by atoms with Crippen molar-refractivity contribution in [2.24, 2.45) is 18.7 Å². The van der Waals surface area contributed by atoms with Crippen molar-refractivity contribution < 1.29 is 4.79 Å². The maximum atomic E-state index is 12.9. The number of carbonyl (C=O) groups excluding carboxylic acids is 1. The third kappa shape index (κ3) is 3.24. The van der Waals surface area contributed by atoms with Crippen LogP contribution in [-0.2, 0) is 7.05 Å². The Labute approximate surface area is 131 Å². The number of amides is 1. The molecule has 2 rings (SSSR count). The van der Waals surface area contributed by atoms with Crippen molar-refractivity contribution in [1.82, 2.24) is 14.7 Å². The second-order valence-corrected chi connectivity index (χ2v) is 6.70. The first-order valence-electron chi connectivity index (χ1n) is 7.60. The number of hydrogen-bond donors (Lipinski definition) is 1. The van der Waals surface area contributed by atoms with E-state index in [-0.39, 0.29) is 17.9 Å². The van der Waals surface area contributed by atoms with Gasteiger partial charge in [0.2, 0.25) is 0 Å². The maximum Gasteiger partial charge on any atom is 0.258 e. The molecule has 0 aliphatic carbocycles. The maximum absolute atomic E-state index is 12.9. The van der Waals surface area contributed by atoms with E-state index in [1.165, 1.54) is 0 Å². The molecular weight excluding hydrogens is 288 g/mol. The predicted octanol–water partition coefficient (Wildman–Crippen LogP) is 2.40. The topological polar surface area (TPSA) is 64.2 Å². The van der Waals surface area contributed by atoms with Gasteiger partial charge in [-0.15, -0.1) is 0 Å². The lowest BCUT2D eigenvalue weighted by atomic mass is 9.91. The molecule has 1 fully saturated rings. The molecule has 21 heavy (non-hydrogen) atoms. The van der Waals surface area contributed by atoms with Crippen LogP contribution >= 0.6 is 11.6 Å². The lowest BCUT2D eigenvalue weighted by molar-refractivity contribution is 0.0659. The van der Waals surface area contributed by atoms with Crippen molar-refractivity contribution in [3.8, 4) is 0 Å². The summed E-state index contributed by atoms with van der Waals surface area (Å²) in [6, 6.07) is 0.106. The van der Waals surface area contributed by atoms with Crippen LogP contribution in [-0.4, -0.2) is 39.7 Å². The normalized spacial score (nSPS) is 20.9. The van der Waals surface area contributed by atoms with Crippen molar-refractivity contribution in [1.29, 1.82) is 0 Å². The number of aromatic nitrogens is 2. The zero-order valence-corrected chi connectivity index (χ0v) is 14.0. The van der Waals surface area contributed by atoms with Gasteiger partial charge in [0.15, 0.2) is 0 Å². The van der Waals surface area contributed by atoms with Gasteiger partial charge in [-0.05, 0) is 31.6 Å². The Kier molecular flexibility index (Phi) is 4.94. The third-order valence-electron chi connectivity index (χ3n) is 4.25. The molecule has 5 nitrogen and oxygen atoms in total. The summed E-state index contributed by atoms with van der Waals surface area (Å²) >= 11 is 6.30. The molecule has 1 aliphatic heterocycles. The molecular formula is C15H25ClN4O. The van der Waals surface area contributed by atoms with Crippen molar-refractivity contribution in [2.75, 3.05) is 13.1 Å². The van der Waals surface area contributed by atoms with E-state index in [0.29, 0.717) is 23.2 Å². The van der Waals surface area contributed by atoms with Gasteiger partial charge in [-0.25, -0.2) is 0 Å². The number of rotatable bonds is 3. The summed E-state index contributed by atoms with van der Waals surface area (Å²) in [7, 11) is 1.77. The SMILES string of the molecule is CC(C)c1nn(C)c(Cl)c1C(=O)N1CCC[C@H]([C@@H](C)N)C1. The van der Waals surface area contributed by atoms with E-state index < -0.39 is 0 Å². The molecule has 0 saturated carbocycles. The number of carbonyl (C=O) groups is 1. The molecule has 1 aromatic heterocycles. The van der Waals surface area contributed by atoms with Gasteiger partial charge in [-0.3, -0.25) is 9.48 Å². The largest absolute Gasteiger partial charge is 0.338 e. The van der Waals surface area contributed by atoms with Crippen LogP contribution in [0.3, 0.4) is 0 Å². The molecule has 1 saturated heterocycles. The molecule has 0 bridgehead atoms. The second kappa shape index (κ2) is 6.36. The zero-order valence-electron chi connectivity index (χ0n) is 13.3. The van der Waals surface area contributed by atoms with Crippen LogP contribution in [0.15, 0.2) is 0 Å². The van der Waals surface area contributed by atoms with E-state index >= 15 is 0 Å². The highest BCUT2D eigenvalue weighted by Gasteiger charge is 2.31. The number of nitrogens with two attached hydrogens (primary N) is 1. The summed E-state index contributed by atoms with van der Waals surface area (Å²) in [6.07, 6.45) is 2.08. The number of nitrogens with zero attached hydrogens (tertiary/aromatic N) is 3. The molecule has 2 heterocycles. The first-order valence-corrected chi connectivity index (χ1v) is 7.98. The number of likely N-dealkylation sites (tertiary alicyclic amines) is 1. The molecule has 6 heteroatoms. The summed E-state index contributed by atoms with van der Waals surface area (Å²) in [5.74, 6) is 0.513. The molecule has 0 aromatic carbocycles. The fourth-order valence-electron chi connectivity index (χ4n) is 2.91. The van der Waals surface area contributed by atoms with E-state index in [4.69, 9.17) is 17.3 Å². The highest BCUT2D eigenvalue weighted by molar-refractivity contribution is 6.33. The molecule has 0 spiro atoms.